The fourth-order valence-electron chi connectivity index (χ4n) is 2.24. The Morgan fingerprint density at radius 1 is 1.50 bits per heavy atom. The highest BCUT2D eigenvalue weighted by Gasteiger charge is 2.45. The summed E-state index contributed by atoms with van der Waals surface area (Å²) in [5.74, 6) is 0. The molecule has 0 radical (unpaired) electrons. The van der Waals surface area contributed by atoms with Crippen LogP contribution in [0.4, 0.5) is 0 Å². The highest BCUT2D eigenvalue weighted by molar-refractivity contribution is 4.99. The van der Waals surface area contributed by atoms with Gasteiger partial charge in [-0.2, -0.15) is 0 Å². The average molecular weight is 170 g/mol. The number of ether oxygens (including phenoxy) is 1. The predicted molar refractivity (Wildman–Crippen MR) is 48.0 cm³/mol. The number of nitrogens with one attached hydrogen (secondary N) is 1. The van der Waals surface area contributed by atoms with Crippen molar-refractivity contribution >= 4 is 0 Å². The highest BCUT2D eigenvalue weighted by Crippen LogP contribution is 2.28. The molecule has 0 unspecified atom stereocenters. The van der Waals surface area contributed by atoms with Gasteiger partial charge in [0, 0.05) is 19.1 Å². The quantitative estimate of drug-likeness (QED) is 0.617. The summed E-state index contributed by atoms with van der Waals surface area (Å²) in [5.41, 5.74) is 0.201. The number of nitrogens with zero attached hydrogens (tertiary/aromatic N) is 1. The van der Waals surface area contributed by atoms with Gasteiger partial charge in [-0.15, -0.1) is 0 Å². The second-order valence-corrected chi connectivity index (χ2v) is 4.05. The van der Waals surface area contributed by atoms with E-state index in [-0.39, 0.29) is 5.66 Å². The largest absolute Gasteiger partial charge is 0.377 e. The second-order valence-electron chi connectivity index (χ2n) is 4.05. The first kappa shape index (κ1) is 8.48. The normalized spacial score (nSPS) is 37.2. The Labute approximate surface area is 74.1 Å². The number of morpholine rings is 1. The molecule has 1 N–H and O–H groups in total. The molecule has 12 heavy (non-hydrogen) atoms. The smallest absolute Gasteiger partial charge is 0.0968 e. The van der Waals surface area contributed by atoms with Crippen LogP contribution in [-0.2, 0) is 4.74 Å². The molecule has 0 amide bonds. The van der Waals surface area contributed by atoms with Gasteiger partial charge in [-0.05, 0) is 20.3 Å². The van der Waals surface area contributed by atoms with Gasteiger partial charge < -0.3 is 4.74 Å². The summed E-state index contributed by atoms with van der Waals surface area (Å²) >= 11 is 0. The van der Waals surface area contributed by atoms with Crippen LogP contribution in [0, 0.1) is 0 Å². The Bertz CT molecular complexity index is 166. The van der Waals surface area contributed by atoms with Gasteiger partial charge in [-0.1, -0.05) is 0 Å². The lowest BCUT2D eigenvalue weighted by Gasteiger charge is -2.55. The standard InChI is InChI=1S/C9H18N2O/c1-8(2)11-5-6-12-7-9(11)3-4-10-9/h8,10H,3-7H2,1-2H3/t9-/m1/s1. The third-order valence-electron chi connectivity index (χ3n) is 2.98. The molecule has 0 aromatic rings. The van der Waals surface area contributed by atoms with Crippen molar-refractivity contribution in [3.8, 4) is 0 Å². The summed E-state index contributed by atoms with van der Waals surface area (Å²) in [6.45, 7) is 8.49. The van der Waals surface area contributed by atoms with Crippen molar-refractivity contribution in [2.24, 2.45) is 0 Å². The van der Waals surface area contributed by atoms with Crippen LogP contribution < -0.4 is 5.32 Å². The molecule has 3 heteroatoms. The number of rotatable bonds is 1. The molecule has 2 saturated heterocycles. The molecular weight excluding hydrogens is 152 g/mol. The molecule has 2 heterocycles. The van der Waals surface area contributed by atoms with Crippen molar-refractivity contribution in [3.05, 3.63) is 0 Å². The fraction of sp³-hybridized carbons (Fsp3) is 1.00. The Morgan fingerprint density at radius 3 is 2.67 bits per heavy atom. The molecule has 0 saturated carbocycles. The third kappa shape index (κ3) is 1.16. The molecule has 2 aliphatic heterocycles. The first-order valence-corrected chi connectivity index (χ1v) is 4.84. The van der Waals surface area contributed by atoms with Gasteiger partial charge in [0.1, 0.15) is 0 Å². The van der Waals surface area contributed by atoms with E-state index in [1.165, 1.54) is 6.42 Å². The van der Waals surface area contributed by atoms with Gasteiger partial charge in [0.2, 0.25) is 0 Å². The van der Waals surface area contributed by atoms with Crippen molar-refractivity contribution in [1.29, 1.82) is 0 Å². The van der Waals surface area contributed by atoms with Crippen LogP contribution >= 0.6 is 0 Å². The lowest BCUT2D eigenvalue weighted by atomic mass is 9.94. The summed E-state index contributed by atoms with van der Waals surface area (Å²) in [6, 6.07) is 0.627. The van der Waals surface area contributed by atoms with E-state index in [4.69, 9.17) is 4.74 Å². The van der Waals surface area contributed by atoms with Gasteiger partial charge in [0.15, 0.2) is 0 Å². The molecule has 0 bridgehead atoms. The maximum absolute atomic E-state index is 5.50. The molecular formula is C9H18N2O. The predicted octanol–water partition coefficient (Wildman–Crippen LogP) is 0.417. The molecule has 2 aliphatic rings. The van der Waals surface area contributed by atoms with Crippen LogP contribution in [-0.4, -0.2) is 42.9 Å². The monoisotopic (exact) mass is 170 g/mol. The Morgan fingerprint density at radius 2 is 2.25 bits per heavy atom. The number of hydrogen-bond acceptors (Lipinski definition) is 3. The van der Waals surface area contributed by atoms with Crippen molar-refractivity contribution < 1.29 is 4.74 Å². The zero-order chi connectivity index (χ0) is 8.60. The number of hydrogen-bond donors (Lipinski definition) is 1. The Hall–Kier alpha value is -0.120. The molecule has 2 rings (SSSR count). The minimum atomic E-state index is 0.201. The third-order valence-corrected chi connectivity index (χ3v) is 2.98. The fourth-order valence-corrected chi connectivity index (χ4v) is 2.24. The summed E-state index contributed by atoms with van der Waals surface area (Å²) in [5, 5.41) is 3.49. The summed E-state index contributed by atoms with van der Waals surface area (Å²) in [6.07, 6.45) is 1.24. The van der Waals surface area contributed by atoms with E-state index in [1.54, 1.807) is 0 Å². The first-order valence-electron chi connectivity index (χ1n) is 4.84. The van der Waals surface area contributed by atoms with Crippen LogP contribution in [0.15, 0.2) is 0 Å². The van der Waals surface area contributed by atoms with E-state index in [0.29, 0.717) is 6.04 Å². The average Bonchev–Trinajstić information content (AvgIpc) is 2.01. The zero-order valence-corrected chi connectivity index (χ0v) is 7.97. The molecule has 0 aromatic carbocycles. The van der Waals surface area contributed by atoms with Crippen LogP contribution in [0.5, 0.6) is 0 Å². The second kappa shape index (κ2) is 2.98. The van der Waals surface area contributed by atoms with Crippen LogP contribution in [0.3, 0.4) is 0 Å². The molecule has 3 nitrogen and oxygen atoms in total. The molecule has 0 aromatic heterocycles. The van der Waals surface area contributed by atoms with Crippen molar-refractivity contribution in [2.45, 2.75) is 32.0 Å². The molecule has 1 spiro atoms. The minimum Gasteiger partial charge on any atom is -0.377 e. The van der Waals surface area contributed by atoms with E-state index in [9.17, 15) is 0 Å². The summed E-state index contributed by atoms with van der Waals surface area (Å²) in [4.78, 5) is 2.53. The minimum absolute atomic E-state index is 0.201. The Balaban J connectivity index is 2.06. The van der Waals surface area contributed by atoms with Crippen LogP contribution in [0.2, 0.25) is 0 Å². The van der Waals surface area contributed by atoms with E-state index in [2.05, 4.69) is 24.1 Å². The summed E-state index contributed by atoms with van der Waals surface area (Å²) < 4.78 is 5.50. The van der Waals surface area contributed by atoms with Gasteiger partial charge in [-0.25, -0.2) is 0 Å². The van der Waals surface area contributed by atoms with Gasteiger partial charge in [0.05, 0.1) is 18.9 Å². The van der Waals surface area contributed by atoms with Gasteiger partial charge in [0.25, 0.3) is 0 Å². The molecule has 0 aliphatic carbocycles. The van der Waals surface area contributed by atoms with Gasteiger partial charge >= 0.3 is 0 Å². The van der Waals surface area contributed by atoms with E-state index >= 15 is 0 Å². The van der Waals surface area contributed by atoms with E-state index in [1.807, 2.05) is 0 Å². The zero-order valence-electron chi connectivity index (χ0n) is 7.97. The van der Waals surface area contributed by atoms with Crippen molar-refractivity contribution in [3.63, 3.8) is 0 Å². The maximum Gasteiger partial charge on any atom is 0.0968 e. The van der Waals surface area contributed by atoms with E-state index < -0.39 is 0 Å². The summed E-state index contributed by atoms with van der Waals surface area (Å²) in [7, 11) is 0. The van der Waals surface area contributed by atoms with Gasteiger partial charge in [-0.3, -0.25) is 10.2 Å². The highest BCUT2D eigenvalue weighted by atomic mass is 16.5. The lowest BCUT2D eigenvalue weighted by Crippen LogP contribution is -2.73. The first-order chi connectivity index (χ1) is 5.75. The topological polar surface area (TPSA) is 24.5 Å². The molecule has 2 fully saturated rings. The van der Waals surface area contributed by atoms with Crippen molar-refractivity contribution in [1.82, 2.24) is 10.2 Å². The SMILES string of the molecule is CC(C)N1CCOC[C@@]12CCN2. The van der Waals surface area contributed by atoms with Crippen molar-refractivity contribution in [2.75, 3.05) is 26.3 Å². The van der Waals surface area contributed by atoms with Crippen LogP contribution in [0.1, 0.15) is 20.3 Å². The molecule has 1 atom stereocenters. The van der Waals surface area contributed by atoms with Crippen LogP contribution in [0.25, 0.3) is 0 Å². The maximum atomic E-state index is 5.50. The van der Waals surface area contributed by atoms with E-state index in [0.717, 1.165) is 26.3 Å². The Kier molecular flexibility index (Phi) is 2.10. The molecule has 70 valence electrons. The lowest BCUT2D eigenvalue weighted by molar-refractivity contribution is -0.132.